The summed E-state index contributed by atoms with van der Waals surface area (Å²) in [6.07, 6.45) is 22.7. The lowest BCUT2D eigenvalue weighted by atomic mass is 9.74. The molecular formula is C47H37N3S. The first-order chi connectivity index (χ1) is 25.0. The van der Waals surface area contributed by atoms with Crippen molar-refractivity contribution in [2.24, 2.45) is 5.92 Å². The molecule has 0 amide bonds. The van der Waals surface area contributed by atoms with Crippen molar-refractivity contribution in [2.75, 3.05) is 0 Å². The number of thiophene rings is 1. The van der Waals surface area contributed by atoms with E-state index in [9.17, 15) is 0 Å². The number of allylic oxidation sites excluding steroid dienone is 5. The molecule has 0 bridgehead atoms. The molecule has 0 aliphatic heterocycles. The summed E-state index contributed by atoms with van der Waals surface area (Å²) in [4.78, 5) is 11.9. The van der Waals surface area contributed by atoms with Crippen molar-refractivity contribution in [2.45, 2.75) is 50.9 Å². The van der Waals surface area contributed by atoms with Crippen molar-refractivity contribution in [1.29, 1.82) is 0 Å². The Bertz CT molecular complexity index is 2840. The van der Waals surface area contributed by atoms with Crippen LogP contribution in [-0.2, 0) is 11.8 Å². The minimum atomic E-state index is 0.0529. The number of aromatic nitrogens is 3. The molecule has 4 aliphatic carbocycles. The van der Waals surface area contributed by atoms with Crippen molar-refractivity contribution < 1.29 is 0 Å². The van der Waals surface area contributed by atoms with Crippen LogP contribution in [0.25, 0.3) is 78.5 Å². The fraction of sp³-hybridized carbons (Fsp3) is 0.191. The highest BCUT2D eigenvalue weighted by Crippen LogP contribution is 2.53. The van der Waals surface area contributed by atoms with E-state index < -0.39 is 0 Å². The zero-order chi connectivity index (χ0) is 33.8. The van der Waals surface area contributed by atoms with Gasteiger partial charge in [0.15, 0.2) is 5.82 Å². The lowest BCUT2D eigenvalue weighted by Crippen LogP contribution is -2.33. The van der Waals surface area contributed by atoms with Crippen molar-refractivity contribution >= 4 is 61.5 Å². The van der Waals surface area contributed by atoms with Crippen molar-refractivity contribution in [3.05, 3.63) is 141 Å². The Labute approximate surface area is 301 Å². The minimum absolute atomic E-state index is 0.0529. The fourth-order valence-electron chi connectivity index (χ4n) is 9.49. The Morgan fingerprint density at radius 1 is 0.784 bits per heavy atom. The first-order valence-electron chi connectivity index (χ1n) is 18.4. The van der Waals surface area contributed by atoms with E-state index in [2.05, 4.69) is 146 Å². The maximum absolute atomic E-state index is 5.35. The molecule has 11 rings (SSSR count). The van der Waals surface area contributed by atoms with E-state index in [0.29, 0.717) is 11.8 Å². The van der Waals surface area contributed by atoms with Crippen LogP contribution in [0.1, 0.15) is 60.6 Å². The third-order valence-corrected chi connectivity index (χ3v) is 13.2. The lowest BCUT2D eigenvalue weighted by Gasteiger charge is -2.29. The summed E-state index contributed by atoms with van der Waals surface area (Å²) in [5.74, 6) is 1.70. The van der Waals surface area contributed by atoms with Gasteiger partial charge in [-0.3, -0.25) is 0 Å². The third kappa shape index (κ3) is 4.23. The summed E-state index contributed by atoms with van der Waals surface area (Å²) >= 11 is 1.95. The molecule has 0 radical (unpaired) electrons. The van der Waals surface area contributed by atoms with E-state index in [1.807, 2.05) is 11.3 Å². The summed E-state index contributed by atoms with van der Waals surface area (Å²) in [6, 6.07) is 29.5. The molecule has 4 aliphatic rings. The highest BCUT2D eigenvalue weighted by atomic mass is 32.1. The summed E-state index contributed by atoms with van der Waals surface area (Å²) in [6.45, 7) is 4.80. The smallest absolute Gasteiger partial charge is 0.160 e. The normalized spacial score (nSPS) is 19.5. The topological polar surface area (TPSA) is 30.7 Å². The van der Waals surface area contributed by atoms with Gasteiger partial charge in [-0.2, -0.15) is 0 Å². The Balaban J connectivity index is 1.04. The average molecular weight is 676 g/mol. The monoisotopic (exact) mass is 675 g/mol. The SMILES string of the molecule is CC1(C)c2cc(-c3nc(-c4ccc(-n5c6ccccc6c6c7sc8c(c7ccc65)CCC=C8)cc4)nc4c3=CCCC=4)ccc2C2C=CC=CC21. The second kappa shape index (κ2) is 10.8. The number of nitrogens with zero attached hydrogens (tertiary/aromatic N) is 3. The molecule has 0 saturated heterocycles. The number of para-hydroxylation sites is 1. The van der Waals surface area contributed by atoms with Crippen LogP contribution in [0.4, 0.5) is 0 Å². The Hall–Kier alpha value is -5.32. The fourth-order valence-corrected chi connectivity index (χ4v) is 10.8. The Morgan fingerprint density at radius 3 is 2.55 bits per heavy atom. The van der Waals surface area contributed by atoms with Crippen LogP contribution in [0.3, 0.4) is 0 Å². The Kier molecular flexibility index (Phi) is 6.25. The number of benzene rings is 4. The molecule has 3 heterocycles. The van der Waals surface area contributed by atoms with Gasteiger partial charge in [-0.25, -0.2) is 9.97 Å². The van der Waals surface area contributed by atoms with Crippen LogP contribution in [0.15, 0.2) is 109 Å². The second-order valence-corrected chi connectivity index (χ2v) is 16.2. The average Bonchev–Trinajstić information content (AvgIpc) is 3.80. The molecule has 0 fully saturated rings. The quantitative estimate of drug-likeness (QED) is 0.187. The molecule has 3 nitrogen and oxygen atoms in total. The molecule has 0 N–H and O–H groups in total. The lowest BCUT2D eigenvalue weighted by molar-refractivity contribution is 0.394. The van der Waals surface area contributed by atoms with Gasteiger partial charge in [0, 0.05) is 48.3 Å². The van der Waals surface area contributed by atoms with Crippen LogP contribution in [0.2, 0.25) is 0 Å². The molecular weight excluding hydrogens is 639 g/mol. The number of hydrogen-bond donors (Lipinski definition) is 0. The summed E-state index contributed by atoms with van der Waals surface area (Å²) < 4.78 is 3.83. The van der Waals surface area contributed by atoms with Gasteiger partial charge in [-0.05, 0) is 108 Å². The largest absolute Gasteiger partial charge is 0.309 e. The van der Waals surface area contributed by atoms with Crippen molar-refractivity contribution in [3.63, 3.8) is 0 Å². The zero-order valence-corrected chi connectivity index (χ0v) is 29.7. The molecule has 7 aromatic rings. The first kappa shape index (κ1) is 29.4. The van der Waals surface area contributed by atoms with Gasteiger partial charge in [0.25, 0.3) is 0 Å². The van der Waals surface area contributed by atoms with Gasteiger partial charge < -0.3 is 4.57 Å². The minimum Gasteiger partial charge on any atom is -0.309 e. The van der Waals surface area contributed by atoms with E-state index in [1.165, 1.54) is 59.0 Å². The number of fused-ring (bicyclic) bond motifs is 11. The molecule has 4 heteroatoms. The highest BCUT2D eigenvalue weighted by Gasteiger charge is 2.44. The van der Waals surface area contributed by atoms with Gasteiger partial charge in [0.05, 0.1) is 22.1 Å². The van der Waals surface area contributed by atoms with Crippen LogP contribution in [-0.4, -0.2) is 14.5 Å². The molecule has 3 aromatic heterocycles. The van der Waals surface area contributed by atoms with E-state index in [1.54, 1.807) is 0 Å². The predicted octanol–water partition coefficient (Wildman–Crippen LogP) is 10.6. The number of rotatable bonds is 3. The van der Waals surface area contributed by atoms with Crippen LogP contribution < -0.4 is 10.6 Å². The second-order valence-electron chi connectivity index (χ2n) is 15.1. The summed E-state index contributed by atoms with van der Waals surface area (Å²) in [7, 11) is 0. The van der Waals surface area contributed by atoms with Crippen molar-refractivity contribution in [3.8, 4) is 28.3 Å². The van der Waals surface area contributed by atoms with Crippen LogP contribution in [0, 0.1) is 5.92 Å². The van der Waals surface area contributed by atoms with Gasteiger partial charge in [-0.15, -0.1) is 11.3 Å². The molecule has 0 saturated carbocycles. The number of hydrogen-bond acceptors (Lipinski definition) is 3. The molecule has 4 aromatic carbocycles. The predicted molar refractivity (Wildman–Crippen MR) is 215 cm³/mol. The molecule has 2 unspecified atom stereocenters. The Morgan fingerprint density at radius 2 is 1.63 bits per heavy atom. The zero-order valence-electron chi connectivity index (χ0n) is 28.9. The molecule has 2 atom stereocenters. The van der Waals surface area contributed by atoms with E-state index >= 15 is 0 Å². The molecule has 51 heavy (non-hydrogen) atoms. The summed E-state index contributed by atoms with van der Waals surface area (Å²) in [5.41, 5.74) is 11.3. The van der Waals surface area contributed by atoms with E-state index in [-0.39, 0.29) is 5.41 Å². The standard InChI is InChI=1S/C47H37N3S/c1-47(2)37-15-7-3-11-31(37)32-24-21-29(27-38(32)47)44-35-13-4-8-16-39(35)48-46(49-44)28-19-22-30(23-20-28)50-40-17-9-5-14-36(40)43-41(50)26-25-34-33-12-6-10-18-42(33)51-45(34)43/h3,5,7,9-11,13-27,31,37H,4,6,8,12H2,1-2H3. The van der Waals surface area contributed by atoms with Gasteiger partial charge in [-0.1, -0.05) is 92.8 Å². The van der Waals surface area contributed by atoms with Crippen LogP contribution >= 0.6 is 11.3 Å². The summed E-state index contributed by atoms with van der Waals surface area (Å²) in [5, 5.41) is 6.29. The highest BCUT2D eigenvalue weighted by molar-refractivity contribution is 7.21. The van der Waals surface area contributed by atoms with E-state index in [0.717, 1.165) is 59.0 Å². The van der Waals surface area contributed by atoms with Gasteiger partial charge in [0.2, 0.25) is 0 Å². The first-order valence-corrected chi connectivity index (χ1v) is 19.2. The van der Waals surface area contributed by atoms with Gasteiger partial charge in [0.1, 0.15) is 0 Å². The molecule has 0 spiro atoms. The maximum atomic E-state index is 5.35. The number of aryl methyl sites for hydroxylation is 1. The maximum Gasteiger partial charge on any atom is 0.160 e. The van der Waals surface area contributed by atoms with E-state index in [4.69, 9.17) is 9.97 Å². The molecule has 246 valence electrons. The van der Waals surface area contributed by atoms with Crippen LogP contribution in [0.5, 0.6) is 0 Å². The van der Waals surface area contributed by atoms with Crippen molar-refractivity contribution in [1.82, 2.24) is 14.5 Å². The van der Waals surface area contributed by atoms with Gasteiger partial charge >= 0.3 is 0 Å². The third-order valence-electron chi connectivity index (χ3n) is 12.0.